The Balaban J connectivity index is 1.64. The zero-order valence-corrected chi connectivity index (χ0v) is 13.5. The van der Waals surface area contributed by atoms with Crippen LogP contribution in [-0.4, -0.2) is 29.8 Å². The fourth-order valence-corrected chi connectivity index (χ4v) is 3.02. The number of imide groups is 1. The highest BCUT2D eigenvalue weighted by Gasteiger charge is 2.34. The van der Waals surface area contributed by atoms with E-state index in [0.717, 1.165) is 0 Å². The van der Waals surface area contributed by atoms with Gasteiger partial charge in [0.2, 0.25) is 0 Å². The van der Waals surface area contributed by atoms with Crippen LogP contribution in [0.1, 0.15) is 45.7 Å². The molecule has 2 amide bonds. The van der Waals surface area contributed by atoms with E-state index < -0.39 is 0 Å². The van der Waals surface area contributed by atoms with E-state index in [-0.39, 0.29) is 30.2 Å². The minimum absolute atomic E-state index is 0.151. The summed E-state index contributed by atoms with van der Waals surface area (Å²) < 4.78 is 13.9. The minimum atomic E-state index is -0.267. The molecule has 4 nitrogen and oxygen atoms in total. The largest absolute Gasteiger partial charge is 0.308 e. The molecule has 1 N–H and O–H groups in total. The lowest BCUT2D eigenvalue weighted by molar-refractivity contribution is 0.0654. The molecule has 1 atom stereocenters. The summed E-state index contributed by atoms with van der Waals surface area (Å²) in [6.45, 7) is 2.64. The number of benzene rings is 2. The van der Waals surface area contributed by atoms with Crippen LogP contribution in [0.5, 0.6) is 0 Å². The molecule has 0 aliphatic carbocycles. The standard InChI is InChI=1S/C19H19FN2O2/c1-2-17(15-9-5-6-10-16(15)20)21-11-12-22-18(23)13-7-3-4-8-14(13)19(22)24/h3-10,17,21H,2,11-12H2,1H3. The van der Waals surface area contributed by atoms with Crippen LogP contribution in [0.15, 0.2) is 48.5 Å². The van der Waals surface area contributed by atoms with E-state index in [1.807, 2.05) is 6.92 Å². The molecule has 3 rings (SSSR count). The molecular formula is C19H19FN2O2. The molecule has 0 saturated carbocycles. The summed E-state index contributed by atoms with van der Waals surface area (Å²) in [5.41, 5.74) is 1.50. The molecule has 124 valence electrons. The van der Waals surface area contributed by atoms with Gasteiger partial charge in [0.25, 0.3) is 11.8 Å². The van der Waals surface area contributed by atoms with E-state index >= 15 is 0 Å². The molecule has 0 fully saturated rings. The molecule has 0 aromatic heterocycles. The van der Waals surface area contributed by atoms with Crippen molar-refractivity contribution >= 4 is 11.8 Å². The summed E-state index contributed by atoms with van der Waals surface area (Å²) in [5, 5.41) is 3.24. The van der Waals surface area contributed by atoms with Gasteiger partial charge >= 0.3 is 0 Å². The van der Waals surface area contributed by atoms with Crippen LogP contribution in [0, 0.1) is 5.82 Å². The fourth-order valence-electron chi connectivity index (χ4n) is 3.02. The average molecular weight is 326 g/mol. The SMILES string of the molecule is CCC(NCCN1C(=O)c2ccccc2C1=O)c1ccccc1F. The number of nitrogens with zero attached hydrogens (tertiary/aromatic N) is 1. The lowest BCUT2D eigenvalue weighted by Gasteiger charge is -2.20. The number of carbonyl (C=O) groups excluding carboxylic acids is 2. The van der Waals surface area contributed by atoms with Gasteiger partial charge in [0.15, 0.2) is 0 Å². The molecular weight excluding hydrogens is 307 g/mol. The topological polar surface area (TPSA) is 49.4 Å². The molecule has 2 aromatic carbocycles. The Morgan fingerprint density at radius 3 is 2.17 bits per heavy atom. The van der Waals surface area contributed by atoms with Crippen molar-refractivity contribution in [1.29, 1.82) is 0 Å². The van der Waals surface area contributed by atoms with Crippen molar-refractivity contribution < 1.29 is 14.0 Å². The highest BCUT2D eigenvalue weighted by atomic mass is 19.1. The first-order chi connectivity index (χ1) is 11.6. The quantitative estimate of drug-likeness (QED) is 0.830. The van der Waals surface area contributed by atoms with Gasteiger partial charge in [-0.05, 0) is 24.6 Å². The normalized spacial score (nSPS) is 14.8. The van der Waals surface area contributed by atoms with E-state index in [4.69, 9.17) is 0 Å². The van der Waals surface area contributed by atoms with Crippen LogP contribution in [0.3, 0.4) is 0 Å². The second-order valence-corrected chi connectivity index (χ2v) is 5.74. The Bertz CT molecular complexity index is 740. The molecule has 1 aliphatic rings. The Hall–Kier alpha value is -2.53. The summed E-state index contributed by atoms with van der Waals surface area (Å²) in [6.07, 6.45) is 0.711. The first-order valence-corrected chi connectivity index (χ1v) is 8.06. The number of nitrogens with one attached hydrogen (secondary N) is 1. The third kappa shape index (κ3) is 2.95. The van der Waals surface area contributed by atoms with Gasteiger partial charge in [0, 0.05) is 24.7 Å². The van der Waals surface area contributed by atoms with E-state index in [2.05, 4.69) is 5.32 Å². The van der Waals surface area contributed by atoms with Gasteiger partial charge in [-0.3, -0.25) is 14.5 Å². The molecule has 1 unspecified atom stereocenters. The van der Waals surface area contributed by atoms with Gasteiger partial charge in [-0.1, -0.05) is 37.3 Å². The van der Waals surface area contributed by atoms with Crippen molar-refractivity contribution in [2.45, 2.75) is 19.4 Å². The number of carbonyl (C=O) groups is 2. The Labute approximate surface area is 140 Å². The van der Waals surface area contributed by atoms with Crippen molar-refractivity contribution in [2.75, 3.05) is 13.1 Å². The van der Waals surface area contributed by atoms with Gasteiger partial charge in [-0.15, -0.1) is 0 Å². The molecule has 2 aromatic rings. The van der Waals surface area contributed by atoms with Crippen molar-refractivity contribution in [3.8, 4) is 0 Å². The summed E-state index contributed by atoms with van der Waals surface area (Å²) in [6, 6.07) is 13.3. The first-order valence-electron chi connectivity index (χ1n) is 8.06. The maximum Gasteiger partial charge on any atom is 0.261 e. The van der Waals surface area contributed by atoms with Crippen LogP contribution in [0.2, 0.25) is 0 Å². The van der Waals surface area contributed by atoms with Crippen molar-refractivity contribution in [3.05, 3.63) is 71.0 Å². The summed E-state index contributed by atoms with van der Waals surface area (Å²) in [7, 11) is 0. The second-order valence-electron chi connectivity index (χ2n) is 5.74. The molecule has 1 aliphatic heterocycles. The number of rotatable bonds is 6. The number of hydrogen-bond acceptors (Lipinski definition) is 3. The highest BCUT2D eigenvalue weighted by molar-refractivity contribution is 6.21. The molecule has 0 bridgehead atoms. The van der Waals surface area contributed by atoms with Crippen molar-refractivity contribution in [1.82, 2.24) is 10.2 Å². The number of halogens is 1. The molecule has 0 radical (unpaired) electrons. The molecule has 24 heavy (non-hydrogen) atoms. The van der Waals surface area contributed by atoms with Crippen LogP contribution < -0.4 is 5.32 Å². The fraction of sp³-hybridized carbons (Fsp3) is 0.263. The van der Waals surface area contributed by atoms with Gasteiger partial charge < -0.3 is 5.32 Å². The predicted molar refractivity (Wildman–Crippen MR) is 89.2 cm³/mol. The third-order valence-corrected chi connectivity index (χ3v) is 4.29. The minimum Gasteiger partial charge on any atom is -0.308 e. The Morgan fingerprint density at radius 2 is 1.58 bits per heavy atom. The summed E-state index contributed by atoms with van der Waals surface area (Å²) in [4.78, 5) is 25.8. The molecule has 0 saturated heterocycles. The zero-order chi connectivity index (χ0) is 17.1. The first kappa shape index (κ1) is 16.3. The van der Waals surface area contributed by atoms with Gasteiger partial charge in [-0.25, -0.2) is 4.39 Å². The van der Waals surface area contributed by atoms with Crippen LogP contribution in [0.4, 0.5) is 4.39 Å². The monoisotopic (exact) mass is 326 g/mol. The molecule has 0 spiro atoms. The van der Waals surface area contributed by atoms with Crippen molar-refractivity contribution in [3.63, 3.8) is 0 Å². The number of hydrogen-bond donors (Lipinski definition) is 1. The van der Waals surface area contributed by atoms with Gasteiger partial charge in [0.05, 0.1) is 11.1 Å². The van der Waals surface area contributed by atoms with E-state index in [1.54, 1.807) is 42.5 Å². The summed E-state index contributed by atoms with van der Waals surface area (Å²) in [5.74, 6) is -0.787. The summed E-state index contributed by atoms with van der Waals surface area (Å²) >= 11 is 0. The molecule has 1 heterocycles. The van der Waals surface area contributed by atoms with Crippen LogP contribution in [0.25, 0.3) is 0 Å². The zero-order valence-electron chi connectivity index (χ0n) is 13.5. The highest BCUT2D eigenvalue weighted by Crippen LogP contribution is 2.23. The molecule has 5 heteroatoms. The number of fused-ring (bicyclic) bond motifs is 1. The van der Waals surface area contributed by atoms with E-state index in [1.165, 1.54) is 11.0 Å². The second kappa shape index (κ2) is 6.93. The smallest absolute Gasteiger partial charge is 0.261 e. The lowest BCUT2D eigenvalue weighted by atomic mass is 10.0. The van der Waals surface area contributed by atoms with E-state index in [0.29, 0.717) is 29.7 Å². The Kier molecular flexibility index (Phi) is 4.71. The average Bonchev–Trinajstić information content (AvgIpc) is 2.85. The predicted octanol–water partition coefficient (Wildman–Crippen LogP) is 3.16. The van der Waals surface area contributed by atoms with Gasteiger partial charge in [-0.2, -0.15) is 0 Å². The van der Waals surface area contributed by atoms with Crippen LogP contribution >= 0.6 is 0 Å². The van der Waals surface area contributed by atoms with E-state index in [9.17, 15) is 14.0 Å². The van der Waals surface area contributed by atoms with Gasteiger partial charge in [0.1, 0.15) is 5.82 Å². The maximum atomic E-state index is 13.9. The van der Waals surface area contributed by atoms with Crippen LogP contribution in [-0.2, 0) is 0 Å². The lowest BCUT2D eigenvalue weighted by Crippen LogP contribution is -2.37. The third-order valence-electron chi connectivity index (χ3n) is 4.29. The number of amides is 2. The van der Waals surface area contributed by atoms with Crippen molar-refractivity contribution in [2.24, 2.45) is 0 Å². The maximum absolute atomic E-state index is 13.9. The Morgan fingerprint density at radius 1 is 1.00 bits per heavy atom.